The minimum absolute atomic E-state index is 0.00543. The predicted molar refractivity (Wildman–Crippen MR) is 86.2 cm³/mol. The second kappa shape index (κ2) is 8.09. The first kappa shape index (κ1) is 17.4. The van der Waals surface area contributed by atoms with Crippen LogP contribution in [0.15, 0.2) is 42.5 Å². The summed E-state index contributed by atoms with van der Waals surface area (Å²) in [6.07, 6.45) is -0.0843. The van der Waals surface area contributed by atoms with Crippen LogP contribution >= 0.6 is 23.2 Å². The van der Waals surface area contributed by atoms with Gasteiger partial charge in [0.1, 0.15) is 12.4 Å². The molecule has 0 aliphatic carbocycles. The highest BCUT2D eigenvalue weighted by atomic mass is 35.5. The minimum atomic E-state index is -0.591. The van der Waals surface area contributed by atoms with Gasteiger partial charge < -0.3 is 4.74 Å². The molecule has 6 heteroatoms. The molecule has 0 heterocycles. The Morgan fingerprint density at radius 1 is 1.00 bits per heavy atom. The normalized spacial score (nSPS) is 10.4. The molecule has 0 bridgehead atoms. The highest BCUT2D eigenvalue weighted by Gasteiger charge is 2.13. The van der Waals surface area contributed by atoms with Crippen LogP contribution in [-0.2, 0) is 16.1 Å². The summed E-state index contributed by atoms with van der Waals surface area (Å²) < 4.78 is 18.5. The Balaban J connectivity index is 1.83. The fraction of sp³-hybridized carbons (Fsp3) is 0.176. The average Bonchev–Trinajstić information content (AvgIpc) is 2.53. The van der Waals surface area contributed by atoms with Gasteiger partial charge in [-0.2, -0.15) is 0 Å². The van der Waals surface area contributed by atoms with E-state index in [4.69, 9.17) is 27.9 Å². The molecule has 0 saturated carbocycles. The molecule has 0 unspecified atom stereocenters. The number of ketones is 1. The fourth-order valence-corrected chi connectivity index (χ4v) is 2.23. The zero-order valence-corrected chi connectivity index (χ0v) is 13.5. The molecule has 0 amide bonds. The molecule has 2 rings (SSSR count). The number of esters is 1. The van der Waals surface area contributed by atoms with Gasteiger partial charge in [0.15, 0.2) is 5.78 Å². The molecule has 0 fully saturated rings. The van der Waals surface area contributed by atoms with Crippen molar-refractivity contribution in [2.24, 2.45) is 0 Å². The van der Waals surface area contributed by atoms with Crippen LogP contribution in [0.1, 0.15) is 28.8 Å². The molecule has 0 saturated heterocycles. The molecular weight excluding hydrogens is 342 g/mol. The largest absolute Gasteiger partial charge is 0.461 e. The van der Waals surface area contributed by atoms with Crippen molar-refractivity contribution in [2.45, 2.75) is 19.4 Å². The third-order valence-electron chi connectivity index (χ3n) is 3.16. The van der Waals surface area contributed by atoms with Crippen molar-refractivity contribution in [1.29, 1.82) is 0 Å². The lowest BCUT2D eigenvalue weighted by Crippen LogP contribution is -2.09. The van der Waals surface area contributed by atoms with E-state index in [1.165, 1.54) is 18.2 Å². The molecule has 2 aromatic rings. The number of carbonyl (C=O) groups is 2. The Morgan fingerprint density at radius 2 is 1.70 bits per heavy atom. The van der Waals surface area contributed by atoms with E-state index >= 15 is 0 Å². The van der Waals surface area contributed by atoms with Crippen LogP contribution in [0, 0.1) is 5.82 Å². The molecule has 0 atom stereocenters. The number of hydrogen-bond acceptors (Lipinski definition) is 3. The third-order valence-corrected chi connectivity index (χ3v) is 3.77. The number of rotatable bonds is 6. The molecule has 0 aliphatic heterocycles. The number of hydrogen-bond donors (Lipinski definition) is 0. The molecule has 0 aliphatic rings. The maximum absolute atomic E-state index is 13.5. The van der Waals surface area contributed by atoms with Crippen LogP contribution in [-0.4, -0.2) is 11.8 Å². The van der Waals surface area contributed by atoms with Gasteiger partial charge in [0.25, 0.3) is 0 Å². The molecule has 3 nitrogen and oxygen atoms in total. The maximum Gasteiger partial charge on any atom is 0.306 e. The van der Waals surface area contributed by atoms with E-state index in [2.05, 4.69) is 0 Å². The van der Waals surface area contributed by atoms with Gasteiger partial charge in [0.05, 0.1) is 11.4 Å². The van der Waals surface area contributed by atoms with Crippen LogP contribution in [0.5, 0.6) is 0 Å². The van der Waals surface area contributed by atoms with E-state index in [1.54, 1.807) is 24.3 Å². The van der Waals surface area contributed by atoms with Crippen molar-refractivity contribution in [1.82, 2.24) is 0 Å². The van der Waals surface area contributed by atoms with E-state index in [0.29, 0.717) is 10.6 Å². The fourth-order valence-electron chi connectivity index (χ4n) is 1.89. The summed E-state index contributed by atoms with van der Waals surface area (Å²) in [6.45, 7) is -0.264. The lowest BCUT2D eigenvalue weighted by Gasteiger charge is -2.07. The Labute approximate surface area is 143 Å². The Bertz CT molecular complexity index is 694. The van der Waals surface area contributed by atoms with Crippen molar-refractivity contribution in [3.05, 3.63) is 69.5 Å². The summed E-state index contributed by atoms with van der Waals surface area (Å²) in [5.74, 6) is -1.32. The molecule has 23 heavy (non-hydrogen) atoms. The molecule has 0 spiro atoms. The zero-order chi connectivity index (χ0) is 16.8. The van der Waals surface area contributed by atoms with Gasteiger partial charge >= 0.3 is 5.97 Å². The lowest BCUT2D eigenvalue weighted by molar-refractivity contribution is -0.144. The number of Topliss-reactive ketones (excluding diaryl/α,β-unsaturated/α-hetero) is 1. The second-order valence-electron chi connectivity index (χ2n) is 4.79. The van der Waals surface area contributed by atoms with Gasteiger partial charge in [-0.05, 0) is 36.4 Å². The lowest BCUT2D eigenvalue weighted by atomic mass is 10.1. The zero-order valence-electron chi connectivity index (χ0n) is 12.0. The standard InChI is InChI=1S/C17H13Cl2FO3/c18-12-6-4-11(5-7-12)16(21)8-9-17(22)23-10-13-14(19)2-1-3-15(13)20/h1-7H,8-10H2. The van der Waals surface area contributed by atoms with Crippen LogP contribution in [0.4, 0.5) is 4.39 Å². The first-order valence-electron chi connectivity index (χ1n) is 6.84. The topological polar surface area (TPSA) is 43.4 Å². The van der Waals surface area contributed by atoms with Crippen LogP contribution < -0.4 is 0 Å². The van der Waals surface area contributed by atoms with Crippen LogP contribution in [0.2, 0.25) is 10.0 Å². The third kappa shape index (κ3) is 5.05. The van der Waals surface area contributed by atoms with Crippen molar-refractivity contribution >= 4 is 35.0 Å². The van der Waals surface area contributed by atoms with Crippen molar-refractivity contribution in [3.8, 4) is 0 Å². The van der Waals surface area contributed by atoms with E-state index in [-0.39, 0.29) is 35.8 Å². The first-order valence-corrected chi connectivity index (χ1v) is 7.60. The van der Waals surface area contributed by atoms with Gasteiger partial charge in [-0.3, -0.25) is 9.59 Å². The van der Waals surface area contributed by atoms with Gasteiger partial charge in [0.2, 0.25) is 0 Å². The number of halogens is 3. The molecular formula is C17H13Cl2FO3. The van der Waals surface area contributed by atoms with Crippen molar-refractivity contribution < 1.29 is 18.7 Å². The average molecular weight is 355 g/mol. The monoisotopic (exact) mass is 354 g/mol. The highest BCUT2D eigenvalue weighted by Crippen LogP contribution is 2.20. The molecule has 0 N–H and O–H groups in total. The Morgan fingerprint density at radius 3 is 2.35 bits per heavy atom. The summed E-state index contributed by atoms with van der Waals surface area (Å²) in [5.41, 5.74) is 0.589. The summed E-state index contributed by atoms with van der Waals surface area (Å²) in [6, 6.07) is 10.6. The van der Waals surface area contributed by atoms with Crippen LogP contribution in [0.3, 0.4) is 0 Å². The van der Waals surface area contributed by atoms with Gasteiger partial charge in [-0.1, -0.05) is 29.3 Å². The maximum atomic E-state index is 13.5. The predicted octanol–water partition coefficient (Wildman–Crippen LogP) is 4.84. The second-order valence-corrected chi connectivity index (χ2v) is 5.63. The van der Waals surface area contributed by atoms with E-state index < -0.39 is 11.8 Å². The van der Waals surface area contributed by atoms with Gasteiger partial charge in [-0.25, -0.2) is 4.39 Å². The van der Waals surface area contributed by atoms with Crippen molar-refractivity contribution in [3.63, 3.8) is 0 Å². The highest BCUT2D eigenvalue weighted by molar-refractivity contribution is 6.31. The minimum Gasteiger partial charge on any atom is -0.461 e. The van der Waals surface area contributed by atoms with E-state index in [0.717, 1.165) is 0 Å². The smallest absolute Gasteiger partial charge is 0.306 e. The van der Waals surface area contributed by atoms with Crippen molar-refractivity contribution in [2.75, 3.05) is 0 Å². The summed E-state index contributed by atoms with van der Waals surface area (Å²) in [5, 5.41) is 0.720. The summed E-state index contributed by atoms with van der Waals surface area (Å²) in [4.78, 5) is 23.6. The number of benzene rings is 2. The van der Waals surface area contributed by atoms with Gasteiger partial charge in [-0.15, -0.1) is 0 Å². The summed E-state index contributed by atoms with van der Waals surface area (Å²) in [7, 11) is 0. The number of carbonyl (C=O) groups excluding carboxylic acids is 2. The molecule has 2 aromatic carbocycles. The molecule has 120 valence electrons. The van der Waals surface area contributed by atoms with Gasteiger partial charge in [0, 0.05) is 22.6 Å². The Hall–Kier alpha value is -1.91. The Kier molecular flexibility index (Phi) is 6.13. The molecule has 0 radical (unpaired) electrons. The molecule has 0 aromatic heterocycles. The quantitative estimate of drug-likeness (QED) is 0.550. The first-order chi connectivity index (χ1) is 11.0. The SMILES string of the molecule is O=C(CCC(=O)c1ccc(Cl)cc1)OCc1c(F)cccc1Cl. The van der Waals surface area contributed by atoms with E-state index in [9.17, 15) is 14.0 Å². The van der Waals surface area contributed by atoms with Crippen LogP contribution in [0.25, 0.3) is 0 Å². The van der Waals surface area contributed by atoms with E-state index in [1.807, 2.05) is 0 Å². The number of ether oxygens (including phenoxy) is 1. The summed E-state index contributed by atoms with van der Waals surface area (Å²) >= 11 is 11.6.